The lowest BCUT2D eigenvalue weighted by molar-refractivity contribution is 0.606. The molecule has 2 aromatic rings. The zero-order valence-corrected chi connectivity index (χ0v) is 11.6. The van der Waals surface area contributed by atoms with Gasteiger partial charge in [-0.2, -0.15) is 0 Å². The molecule has 1 N–H and O–H groups in total. The summed E-state index contributed by atoms with van der Waals surface area (Å²) in [7, 11) is 0. The number of pyridine rings is 1. The van der Waals surface area contributed by atoms with Gasteiger partial charge in [0.25, 0.3) is 0 Å². The zero-order valence-electron chi connectivity index (χ0n) is 11.6. The van der Waals surface area contributed by atoms with Gasteiger partial charge in [0.05, 0.1) is 5.69 Å². The summed E-state index contributed by atoms with van der Waals surface area (Å²) in [4.78, 5) is 12.8. The smallest absolute Gasteiger partial charge is 0.186 e. The van der Waals surface area contributed by atoms with Gasteiger partial charge in [-0.25, -0.2) is 14.4 Å². The van der Waals surface area contributed by atoms with Crippen LogP contribution in [0.2, 0.25) is 0 Å². The molecule has 0 aromatic carbocycles. The molecule has 5 heteroatoms. The van der Waals surface area contributed by atoms with Crippen molar-refractivity contribution in [2.45, 2.75) is 27.7 Å². The van der Waals surface area contributed by atoms with Crippen molar-refractivity contribution in [2.24, 2.45) is 0 Å². The van der Waals surface area contributed by atoms with Crippen molar-refractivity contribution in [1.82, 2.24) is 15.0 Å². The molecule has 0 amide bonds. The molecule has 0 aliphatic heterocycles. The molecule has 0 fully saturated rings. The maximum atomic E-state index is 13.8. The van der Waals surface area contributed by atoms with Crippen LogP contribution >= 0.6 is 0 Å². The third kappa shape index (κ3) is 2.86. The van der Waals surface area contributed by atoms with Gasteiger partial charge < -0.3 is 5.32 Å². The first kappa shape index (κ1) is 13.4. The highest BCUT2D eigenvalue weighted by Crippen LogP contribution is 2.22. The first-order valence-electron chi connectivity index (χ1n) is 6.25. The maximum absolute atomic E-state index is 13.8. The second kappa shape index (κ2) is 5.30. The van der Waals surface area contributed by atoms with E-state index in [4.69, 9.17) is 0 Å². The van der Waals surface area contributed by atoms with Crippen LogP contribution in [0.15, 0.2) is 12.1 Å². The average molecular weight is 260 g/mol. The fraction of sp³-hybridized carbons (Fsp3) is 0.357. The Morgan fingerprint density at radius 3 is 2.26 bits per heavy atom. The molecule has 2 aromatic heterocycles. The van der Waals surface area contributed by atoms with Gasteiger partial charge in [0.15, 0.2) is 17.5 Å². The van der Waals surface area contributed by atoms with E-state index in [1.165, 1.54) is 0 Å². The van der Waals surface area contributed by atoms with Gasteiger partial charge in [-0.3, -0.25) is 4.98 Å². The molecule has 0 spiro atoms. The fourth-order valence-electron chi connectivity index (χ4n) is 1.94. The molecule has 0 saturated heterocycles. The third-order valence-corrected chi connectivity index (χ3v) is 2.70. The van der Waals surface area contributed by atoms with Crippen molar-refractivity contribution in [3.05, 3.63) is 35.0 Å². The summed E-state index contributed by atoms with van der Waals surface area (Å²) in [5.41, 5.74) is 2.98. The van der Waals surface area contributed by atoms with Gasteiger partial charge in [0.1, 0.15) is 0 Å². The normalized spacial score (nSPS) is 10.6. The molecule has 0 saturated carbocycles. The molecule has 0 atom stereocenters. The molecule has 2 rings (SSSR count). The molecule has 19 heavy (non-hydrogen) atoms. The lowest BCUT2D eigenvalue weighted by atomic mass is 10.2. The van der Waals surface area contributed by atoms with Crippen LogP contribution in [0.5, 0.6) is 0 Å². The van der Waals surface area contributed by atoms with Crippen molar-refractivity contribution < 1.29 is 4.39 Å². The third-order valence-electron chi connectivity index (χ3n) is 2.70. The van der Waals surface area contributed by atoms with Gasteiger partial charge >= 0.3 is 0 Å². The number of aromatic nitrogens is 3. The van der Waals surface area contributed by atoms with E-state index in [1.54, 1.807) is 6.92 Å². The summed E-state index contributed by atoms with van der Waals surface area (Å²) in [6, 6.07) is 3.80. The minimum Gasteiger partial charge on any atom is -0.368 e. The number of nitrogens with zero attached hydrogens (tertiary/aromatic N) is 3. The number of anilines is 1. The Morgan fingerprint density at radius 1 is 1.05 bits per heavy atom. The molecule has 0 unspecified atom stereocenters. The van der Waals surface area contributed by atoms with E-state index in [0.29, 0.717) is 18.1 Å². The zero-order chi connectivity index (χ0) is 14.0. The first-order valence-corrected chi connectivity index (χ1v) is 6.25. The summed E-state index contributed by atoms with van der Waals surface area (Å²) < 4.78 is 13.8. The van der Waals surface area contributed by atoms with Gasteiger partial charge in [0, 0.05) is 23.5 Å². The van der Waals surface area contributed by atoms with E-state index in [0.717, 1.165) is 17.0 Å². The Morgan fingerprint density at radius 2 is 1.68 bits per heavy atom. The second-order valence-corrected chi connectivity index (χ2v) is 4.46. The molecular formula is C14H17FN4. The topological polar surface area (TPSA) is 50.7 Å². The lowest BCUT2D eigenvalue weighted by Gasteiger charge is -2.09. The van der Waals surface area contributed by atoms with Crippen LogP contribution in [-0.4, -0.2) is 21.5 Å². The van der Waals surface area contributed by atoms with Gasteiger partial charge in [-0.05, 0) is 39.8 Å². The Labute approximate surface area is 112 Å². The lowest BCUT2D eigenvalue weighted by Crippen LogP contribution is -2.07. The van der Waals surface area contributed by atoms with Crippen molar-refractivity contribution in [3.63, 3.8) is 0 Å². The van der Waals surface area contributed by atoms with Crippen LogP contribution in [0.1, 0.15) is 24.0 Å². The van der Waals surface area contributed by atoms with E-state index < -0.39 is 5.82 Å². The SMILES string of the molecule is CCNc1nc(-c2cc(C)nc(C)c2)nc(C)c1F. The second-order valence-electron chi connectivity index (χ2n) is 4.46. The fourth-order valence-corrected chi connectivity index (χ4v) is 1.94. The highest BCUT2D eigenvalue weighted by molar-refractivity contribution is 5.58. The predicted octanol–water partition coefficient (Wildman–Crippen LogP) is 3.03. The van der Waals surface area contributed by atoms with Crippen LogP contribution in [-0.2, 0) is 0 Å². The number of hydrogen-bond acceptors (Lipinski definition) is 4. The molecule has 4 nitrogen and oxygen atoms in total. The molecule has 100 valence electrons. The molecule has 0 aliphatic rings. The molecule has 0 bridgehead atoms. The summed E-state index contributed by atoms with van der Waals surface area (Å²) in [6.45, 7) is 7.98. The van der Waals surface area contributed by atoms with Crippen LogP contribution < -0.4 is 5.32 Å². The van der Waals surface area contributed by atoms with Crippen LogP contribution in [0.3, 0.4) is 0 Å². The van der Waals surface area contributed by atoms with Gasteiger partial charge in [-0.15, -0.1) is 0 Å². The summed E-state index contributed by atoms with van der Waals surface area (Å²) in [5.74, 6) is 0.369. The Bertz CT molecular complexity index is 590. The summed E-state index contributed by atoms with van der Waals surface area (Å²) in [5, 5.41) is 2.91. The molecule has 0 radical (unpaired) electrons. The van der Waals surface area contributed by atoms with Crippen molar-refractivity contribution in [3.8, 4) is 11.4 Å². The summed E-state index contributed by atoms with van der Waals surface area (Å²) in [6.07, 6.45) is 0. The maximum Gasteiger partial charge on any atom is 0.186 e. The monoisotopic (exact) mass is 260 g/mol. The Hall–Kier alpha value is -2.04. The number of halogens is 1. The van der Waals surface area contributed by atoms with E-state index in [1.807, 2.05) is 32.9 Å². The number of rotatable bonds is 3. The number of aryl methyl sites for hydroxylation is 3. The van der Waals surface area contributed by atoms with Crippen LogP contribution in [0.25, 0.3) is 11.4 Å². The minimum absolute atomic E-state index is 0.247. The van der Waals surface area contributed by atoms with Gasteiger partial charge in [0.2, 0.25) is 0 Å². The predicted molar refractivity (Wildman–Crippen MR) is 73.6 cm³/mol. The molecular weight excluding hydrogens is 243 g/mol. The number of nitrogens with one attached hydrogen (secondary N) is 1. The van der Waals surface area contributed by atoms with E-state index in [2.05, 4.69) is 20.3 Å². The number of hydrogen-bond donors (Lipinski definition) is 1. The standard InChI is InChI=1S/C14H17FN4/c1-5-16-14-12(15)10(4)18-13(19-14)11-6-8(2)17-9(3)7-11/h6-7H,5H2,1-4H3,(H,16,18,19). The highest BCUT2D eigenvalue weighted by Gasteiger charge is 2.12. The van der Waals surface area contributed by atoms with Crippen molar-refractivity contribution >= 4 is 5.82 Å². The van der Waals surface area contributed by atoms with Crippen LogP contribution in [0, 0.1) is 26.6 Å². The molecule has 0 aliphatic carbocycles. The largest absolute Gasteiger partial charge is 0.368 e. The van der Waals surface area contributed by atoms with Crippen LogP contribution in [0.4, 0.5) is 10.2 Å². The summed E-state index contributed by atoms with van der Waals surface area (Å²) >= 11 is 0. The van der Waals surface area contributed by atoms with E-state index >= 15 is 0 Å². The first-order chi connectivity index (χ1) is 9.01. The highest BCUT2D eigenvalue weighted by atomic mass is 19.1. The van der Waals surface area contributed by atoms with Crippen molar-refractivity contribution in [1.29, 1.82) is 0 Å². The van der Waals surface area contributed by atoms with Crippen molar-refractivity contribution in [2.75, 3.05) is 11.9 Å². The Kier molecular flexibility index (Phi) is 3.74. The molecule has 2 heterocycles. The van der Waals surface area contributed by atoms with E-state index in [-0.39, 0.29) is 5.82 Å². The minimum atomic E-state index is -0.395. The average Bonchev–Trinajstić information content (AvgIpc) is 2.33. The Balaban J connectivity index is 2.55. The van der Waals surface area contributed by atoms with E-state index in [9.17, 15) is 4.39 Å². The quantitative estimate of drug-likeness (QED) is 0.921. The van der Waals surface area contributed by atoms with Gasteiger partial charge in [-0.1, -0.05) is 0 Å².